The van der Waals surface area contributed by atoms with E-state index < -0.39 is 0 Å². The first-order valence-corrected chi connectivity index (χ1v) is 8.95. The molecule has 1 aliphatic heterocycles. The zero-order valence-electron chi connectivity index (χ0n) is 13.7. The van der Waals surface area contributed by atoms with Gasteiger partial charge in [-0.05, 0) is 31.5 Å². The summed E-state index contributed by atoms with van der Waals surface area (Å²) in [5.74, 6) is 2.47. The van der Waals surface area contributed by atoms with E-state index in [0.717, 1.165) is 38.8 Å². The number of benzene rings is 1. The van der Waals surface area contributed by atoms with E-state index in [4.69, 9.17) is 9.47 Å². The molecule has 0 saturated carbocycles. The van der Waals surface area contributed by atoms with Gasteiger partial charge in [-0.1, -0.05) is 19.1 Å². The number of aromatic nitrogens is 2. The van der Waals surface area contributed by atoms with Crippen molar-refractivity contribution in [3.63, 3.8) is 0 Å². The molecular weight excluding hydrogens is 322 g/mol. The molecule has 0 aliphatic carbocycles. The van der Waals surface area contributed by atoms with Gasteiger partial charge in [0, 0.05) is 6.04 Å². The standard InChI is InChI=1S/C18H19N3O2S/c1-3-11(2)21-17-12-8-16(24-18(12)20-10-19-17)15-9-22-13-6-4-5-7-14(13)23-15/h4-8,10-11,15H,3,9H2,1-2H3,(H,19,20,21)/t11-,15-/m1/s1. The Balaban J connectivity index is 1.65. The van der Waals surface area contributed by atoms with Gasteiger partial charge in [0.15, 0.2) is 17.6 Å². The molecule has 2 aromatic heterocycles. The van der Waals surface area contributed by atoms with Crippen LogP contribution in [0.15, 0.2) is 36.7 Å². The van der Waals surface area contributed by atoms with Crippen LogP contribution in [0.4, 0.5) is 5.82 Å². The van der Waals surface area contributed by atoms with Crippen LogP contribution in [-0.4, -0.2) is 22.6 Å². The van der Waals surface area contributed by atoms with Crippen LogP contribution < -0.4 is 14.8 Å². The number of hydrogen-bond acceptors (Lipinski definition) is 6. The largest absolute Gasteiger partial charge is 0.485 e. The average Bonchev–Trinajstić information content (AvgIpc) is 3.06. The van der Waals surface area contributed by atoms with Gasteiger partial charge in [-0.15, -0.1) is 11.3 Å². The third-order valence-electron chi connectivity index (χ3n) is 4.17. The van der Waals surface area contributed by atoms with Crippen LogP contribution in [-0.2, 0) is 0 Å². The zero-order valence-corrected chi connectivity index (χ0v) is 14.5. The second-order valence-corrected chi connectivity index (χ2v) is 6.97. The molecule has 0 saturated heterocycles. The summed E-state index contributed by atoms with van der Waals surface area (Å²) >= 11 is 1.63. The third-order valence-corrected chi connectivity index (χ3v) is 5.31. The molecule has 0 fully saturated rings. The van der Waals surface area contributed by atoms with Crippen molar-refractivity contribution < 1.29 is 9.47 Å². The summed E-state index contributed by atoms with van der Waals surface area (Å²) in [6.45, 7) is 4.81. The highest BCUT2D eigenvalue weighted by molar-refractivity contribution is 7.18. The molecule has 4 rings (SSSR count). The molecule has 1 aromatic carbocycles. The van der Waals surface area contributed by atoms with Crippen LogP contribution in [0.5, 0.6) is 11.5 Å². The van der Waals surface area contributed by atoms with E-state index in [1.165, 1.54) is 0 Å². The van der Waals surface area contributed by atoms with Crippen molar-refractivity contribution in [2.45, 2.75) is 32.4 Å². The number of thiophene rings is 1. The van der Waals surface area contributed by atoms with Gasteiger partial charge in [0.05, 0.1) is 10.3 Å². The number of nitrogens with one attached hydrogen (secondary N) is 1. The first-order valence-electron chi connectivity index (χ1n) is 8.14. The molecule has 6 heteroatoms. The summed E-state index contributed by atoms with van der Waals surface area (Å²) < 4.78 is 11.9. The molecule has 1 aliphatic rings. The maximum Gasteiger partial charge on any atom is 0.167 e. The van der Waals surface area contributed by atoms with E-state index in [-0.39, 0.29) is 6.10 Å². The maximum atomic E-state index is 6.11. The minimum Gasteiger partial charge on any atom is -0.485 e. The average molecular weight is 341 g/mol. The highest BCUT2D eigenvalue weighted by Gasteiger charge is 2.25. The molecule has 0 spiro atoms. The van der Waals surface area contributed by atoms with Gasteiger partial charge < -0.3 is 14.8 Å². The smallest absolute Gasteiger partial charge is 0.167 e. The van der Waals surface area contributed by atoms with E-state index in [9.17, 15) is 0 Å². The highest BCUT2D eigenvalue weighted by Crippen LogP contribution is 2.39. The summed E-state index contributed by atoms with van der Waals surface area (Å²) in [4.78, 5) is 10.9. The third kappa shape index (κ3) is 2.78. The predicted octanol–water partition coefficient (Wildman–Crippen LogP) is 4.41. The van der Waals surface area contributed by atoms with E-state index in [1.807, 2.05) is 24.3 Å². The second kappa shape index (κ2) is 6.28. The van der Waals surface area contributed by atoms with Crippen LogP contribution in [0.2, 0.25) is 0 Å². The minimum absolute atomic E-state index is 0.115. The molecule has 2 atom stereocenters. The summed E-state index contributed by atoms with van der Waals surface area (Å²) in [5.41, 5.74) is 0. The number of para-hydroxylation sites is 2. The molecular formula is C18H19N3O2S. The SMILES string of the molecule is CC[C@@H](C)Nc1ncnc2sc([C@H]3COc4ccccc4O3)cc12. The molecule has 0 unspecified atom stereocenters. The number of fused-ring (bicyclic) bond motifs is 2. The fourth-order valence-corrected chi connectivity index (χ4v) is 3.66. The lowest BCUT2D eigenvalue weighted by Crippen LogP contribution is -2.20. The molecule has 5 nitrogen and oxygen atoms in total. The molecule has 3 aromatic rings. The van der Waals surface area contributed by atoms with Gasteiger partial charge in [-0.25, -0.2) is 9.97 Å². The van der Waals surface area contributed by atoms with Crippen molar-refractivity contribution in [3.8, 4) is 11.5 Å². The molecule has 3 heterocycles. The zero-order chi connectivity index (χ0) is 16.5. The summed E-state index contributed by atoms with van der Waals surface area (Å²) in [7, 11) is 0. The quantitative estimate of drug-likeness (QED) is 0.761. The molecule has 0 bridgehead atoms. The molecule has 0 radical (unpaired) electrons. The Kier molecular flexibility index (Phi) is 3.98. The molecule has 24 heavy (non-hydrogen) atoms. The first-order chi connectivity index (χ1) is 11.7. The Morgan fingerprint density at radius 3 is 2.96 bits per heavy atom. The lowest BCUT2D eigenvalue weighted by atomic mass is 10.2. The fraction of sp³-hybridized carbons (Fsp3) is 0.333. The van der Waals surface area contributed by atoms with Crippen molar-refractivity contribution in [1.29, 1.82) is 0 Å². The molecule has 1 N–H and O–H groups in total. The predicted molar refractivity (Wildman–Crippen MR) is 96.1 cm³/mol. The number of anilines is 1. The molecule has 124 valence electrons. The topological polar surface area (TPSA) is 56.3 Å². The fourth-order valence-electron chi connectivity index (χ4n) is 2.64. The normalized spacial score (nSPS) is 17.7. The second-order valence-electron chi connectivity index (χ2n) is 5.91. The lowest BCUT2D eigenvalue weighted by Gasteiger charge is -2.25. The summed E-state index contributed by atoms with van der Waals surface area (Å²) in [5, 5.41) is 4.49. The Hall–Kier alpha value is -2.34. The van der Waals surface area contributed by atoms with Gasteiger partial charge in [0.1, 0.15) is 23.6 Å². The van der Waals surface area contributed by atoms with Crippen LogP contribution >= 0.6 is 11.3 Å². The maximum absolute atomic E-state index is 6.11. The Labute approximate surface area is 144 Å². The van der Waals surface area contributed by atoms with Crippen molar-refractivity contribution in [1.82, 2.24) is 9.97 Å². The van der Waals surface area contributed by atoms with Crippen molar-refractivity contribution in [3.05, 3.63) is 41.5 Å². The summed E-state index contributed by atoms with van der Waals surface area (Å²) in [6.07, 6.45) is 2.54. The highest BCUT2D eigenvalue weighted by atomic mass is 32.1. The van der Waals surface area contributed by atoms with E-state index in [1.54, 1.807) is 17.7 Å². The monoisotopic (exact) mass is 341 g/mol. The number of hydrogen-bond donors (Lipinski definition) is 1. The number of nitrogens with zero attached hydrogens (tertiary/aromatic N) is 2. The van der Waals surface area contributed by atoms with Crippen molar-refractivity contribution in [2.75, 3.05) is 11.9 Å². The molecule has 0 amide bonds. The Morgan fingerprint density at radius 1 is 1.29 bits per heavy atom. The minimum atomic E-state index is -0.115. The van der Waals surface area contributed by atoms with E-state index >= 15 is 0 Å². The van der Waals surface area contributed by atoms with Crippen molar-refractivity contribution in [2.24, 2.45) is 0 Å². The van der Waals surface area contributed by atoms with Gasteiger partial charge in [0.25, 0.3) is 0 Å². The van der Waals surface area contributed by atoms with Gasteiger partial charge in [-0.3, -0.25) is 0 Å². The van der Waals surface area contributed by atoms with Gasteiger partial charge in [-0.2, -0.15) is 0 Å². The van der Waals surface area contributed by atoms with E-state index in [2.05, 4.69) is 35.2 Å². The Morgan fingerprint density at radius 2 is 2.12 bits per heavy atom. The summed E-state index contributed by atoms with van der Waals surface area (Å²) in [6, 6.07) is 10.2. The van der Waals surface area contributed by atoms with Crippen LogP contribution in [0.3, 0.4) is 0 Å². The van der Waals surface area contributed by atoms with Gasteiger partial charge in [0.2, 0.25) is 0 Å². The van der Waals surface area contributed by atoms with Crippen LogP contribution in [0.1, 0.15) is 31.2 Å². The Bertz CT molecular complexity index is 864. The lowest BCUT2D eigenvalue weighted by molar-refractivity contribution is 0.0938. The first kappa shape index (κ1) is 15.2. The van der Waals surface area contributed by atoms with E-state index in [0.29, 0.717) is 12.6 Å². The van der Waals surface area contributed by atoms with Gasteiger partial charge >= 0.3 is 0 Å². The number of ether oxygens (including phenoxy) is 2. The van der Waals surface area contributed by atoms with Crippen LogP contribution in [0, 0.1) is 0 Å². The number of rotatable bonds is 4. The van der Waals surface area contributed by atoms with Crippen molar-refractivity contribution >= 4 is 27.4 Å². The van der Waals surface area contributed by atoms with Crippen LogP contribution in [0.25, 0.3) is 10.2 Å².